The smallest absolute Gasteiger partial charge is 0.220 e. The van der Waals surface area contributed by atoms with Gasteiger partial charge in [0.25, 0.3) is 0 Å². The number of carbonyl (C=O) groups excluding carboxylic acids is 1. The van der Waals surface area contributed by atoms with Gasteiger partial charge in [-0.3, -0.25) is 4.79 Å². The average Bonchev–Trinajstić information content (AvgIpc) is 3.09. The lowest BCUT2D eigenvalue weighted by atomic mass is 9.93. The minimum absolute atomic E-state index is 0. The third kappa shape index (κ3) is 6.69. The van der Waals surface area contributed by atoms with Gasteiger partial charge in [-0.2, -0.15) is 5.10 Å². The molecular formula is C23H35IN6O. The summed E-state index contributed by atoms with van der Waals surface area (Å²) in [5.74, 6) is 1.53. The Morgan fingerprint density at radius 2 is 1.94 bits per heavy atom. The maximum absolute atomic E-state index is 11.7. The van der Waals surface area contributed by atoms with E-state index in [9.17, 15) is 4.79 Å². The molecular weight excluding hydrogens is 503 g/mol. The topological polar surface area (TPSA) is 74.5 Å². The number of aliphatic imine (C=N–C) groups is 1. The molecule has 2 aromatic rings. The number of hydrogen-bond acceptors (Lipinski definition) is 3. The highest BCUT2D eigenvalue weighted by molar-refractivity contribution is 14.0. The molecule has 1 aromatic heterocycles. The summed E-state index contributed by atoms with van der Waals surface area (Å²) < 4.78 is 2.00. The standard InChI is InChI=1S/C23H34N6O.HI/c1-5-25-23(28-12-10-19(11-13-28)15-22(30)24-4)26-16-20-8-6-7-9-21(20)29-18(3)14-17(2)27-29;/h6-9,14,19H,5,10-13,15-16H2,1-4H3,(H,24,30)(H,25,26);1H. The number of hydrogen-bond donors (Lipinski definition) is 2. The second kappa shape index (κ2) is 12.1. The van der Waals surface area contributed by atoms with Gasteiger partial charge in [0.15, 0.2) is 5.96 Å². The molecule has 1 aliphatic rings. The number of aryl methyl sites for hydroxylation is 2. The summed E-state index contributed by atoms with van der Waals surface area (Å²) in [6, 6.07) is 10.4. The number of guanidine groups is 1. The van der Waals surface area contributed by atoms with Gasteiger partial charge >= 0.3 is 0 Å². The van der Waals surface area contributed by atoms with Gasteiger partial charge in [0, 0.05) is 38.8 Å². The molecule has 3 rings (SSSR count). The molecule has 0 radical (unpaired) electrons. The van der Waals surface area contributed by atoms with Crippen molar-refractivity contribution in [3.05, 3.63) is 47.3 Å². The van der Waals surface area contributed by atoms with E-state index in [4.69, 9.17) is 4.99 Å². The van der Waals surface area contributed by atoms with E-state index < -0.39 is 0 Å². The molecule has 1 fully saturated rings. The first-order valence-corrected chi connectivity index (χ1v) is 10.9. The van der Waals surface area contributed by atoms with Crippen LogP contribution in [0.5, 0.6) is 0 Å². The van der Waals surface area contributed by atoms with Crippen molar-refractivity contribution < 1.29 is 4.79 Å². The van der Waals surface area contributed by atoms with Gasteiger partial charge < -0.3 is 15.5 Å². The Morgan fingerprint density at radius 3 is 2.55 bits per heavy atom. The SMILES string of the molecule is CCNC(=NCc1ccccc1-n1nc(C)cc1C)N1CCC(CC(=O)NC)CC1.I. The number of piperidine rings is 1. The highest BCUT2D eigenvalue weighted by atomic mass is 127. The van der Waals surface area contributed by atoms with Gasteiger partial charge in [0.05, 0.1) is 17.9 Å². The summed E-state index contributed by atoms with van der Waals surface area (Å²) in [4.78, 5) is 18.9. The van der Waals surface area contributed by atoms with Crippen molar-refractivity contribution in [1.29, 1.82) is 0 Å². The molecule has 7 nitrogen and oxygen atoms in total. The zero-order chi connectivity index (χ0) is 21.5. The fraction of sp³-hybridized carbons (Fsp3) is 0.522. The number of benzene rings is 1. The van der Waals surface area contributed by atoms with Gasteiger partial charge in [-0.1, -0.05) is 18.2 Å². The highest BCUT2D eigenvalue weighted by Crippen LogP contribution is 2.21. The van der Waals surface area contributed by atoms with E-state index in [2.05, 4.69) is 58.7 Å². The van der Waals surface area contributed by atoms with Crippen LogP contribution in [-0.4, -0.2) is 53.2 Å². The molecule has 0 unspecified atom stereocenters. The molecule has 0 atom stereocenters. The Kier molecular flexibility index (Phi) is 9.80. The fourth-order valence-electron chi connectivity index (χ4n) is 4.02. The van der Waals surface area contributed by atoms with Crippen LogP contribution in [0.25, 0.3) is 5.69 Å². The van der Waals surface area contributed by atoms with Gasteiger partial charge in [-0.25, -0.2) is 9.67 Å². The molecule has 1 amide bonds. The van der Waals surface area contributed by atoms with Gasteiger partial charge in [0.1, 0.15) is 0 Å². The molecule has 1 saturated heterocycles. The number of nitrogens with zero attached hydrogens (tertiary/aromatic N) is 4. The van der Waals surface area contributed by atoms with E-state index in [-0.39, 0.29) is 29.9 Å². The van der Waals surface area contributed by atoms with Gasteiger partial charge in [0.2, 0.25) is 5.91 Å². The Bertz CT molecular complexity index is 886. The van der Waals surface area contributed by atoms with Gasteiger partial charge in [-0.15, -0.1) is 24.0 Å². The molecule has 0 aliphatic carbocycles. The predicted molar refractivity (Wildman–Crippen MR) is 136 cm³/mol. The lowest BCUT2D eigenvalue weighted by Gasteiger charge is -2.34. The van der Waals surface area contributed by atoms with Crippen LogP contribution in [-0.2, 0) is 11.3 Å². The summed E-state index contributed by atoms with van der Waals surface area (Å²) in [6.45, 7) is 9.45. The van der Waals surface area contributed by atoms with E-state index in [1.54, 1.807) is 7.05 Å². The number of rotatable bonds is 6. The number of carbonyl (C=O) groups is 1. The van der Waals surface area contributed by atoms with Crippen LogP contribution < -0.4 is 10.6 Å². The van der Waals surface area contributed by atoms with E-state index >= 15 is 0 Å². The van der Waals surface area contributed by atoms with Crippen LogP contribution in [0.1, 0.15) is 43.1 Å². The zero-order valence-corrected chi connectivity index (χ0v) is 21.3. The molecule has 170 valence electrons. The monoisotopic (exact) mass is 538 g/mol. The largest absolute Gasteiger partial charge is 0.359 e. The van der Waals surface area contributed by atoms with E-state index in [1.165, 1.54) is 0 Å². The number of aromatic nitrogens is 2. The summed E-state index contributed by atoms with van der Waals surface area (Å²) in [5, 5.41) is 10.8. The van der Waals surface area contributed by atoms with Crippen molar-refractivity contribution in [3.63, 3.8) is 0 Å². The second-order valence-electron chi connectivity index (χ2n) is 7.95. The quantitative estimate of drug-likeness (QED) is 0.336. The molecule has 1 aliphatic heterocycles. The Hall–Kier alpha value is -2.10. The lowest BCUT2D eigenvalue weighted by Crippen LogP contribution is -2.46. The summed E-state index contributed by atoms with van der Waals surface area (Å²) in [6.07, 6.45) is 2.65. The Morgan fingerprint density at radius 1 is 1.23 bits per heavy atom. The first-order chi connectivity index (χ1) is 14.5. The fourth-order valence-corrected chi connectivity index (χ4v) is 4.02. The van der Waals surface area contributed by atoms with Crippen LogP contribution in [0.4, 0.5) is 0 Å². The van der Waals surface area contributed by atoms with E-state index in [0.29, 0.717) is 18.9 Å². The van der Waals surface area contributed by atoms with Crippen LogP contribution >= 0.6 is 24.0 Å². The normalized spacial score (nSPS) is 14.8. The minimum atomic E-state index is 0. The molecule has 1 aromatic carbocycles. The van der Waals surface area contributed by atoms with Crippen molar-refractivity contribution in [2.24, 2.45) is 10.9 Å². The molecule has 0 saturated carbocycles. The van der Waals surface area contributed by atoms with Crippen molar-refractivity contribution in [1.82, 2.24) is 25.3 Å². The average molecular weight is 538 g/mol. The van der Waals surface area contributed by atoms with Crippen LogP contribution in [0, 0.1) is 19.8 Å². The molecule has 31 heavy (non-hydrogen) atoms. The highest BCUT2D eigenvalue weighted by Gasteiger charge is 2.23. The third-order valence-electron chi connectivity index (χ3n) is 5.63. The molecule has 0 bridgehead atoms. The number of halogens is 1. The maximum atomic E-state index is 11.7. The summed E-state index contributed by atoms with van der Waals surface area (Å²) in [5.41, 5.74) is 4.35. The number of amides is 1. The predicted octanol–water partition coefficient (Wildman–Crippen LogP) is 3.42. The number of nitrogens with one attached hydrogen (secondary N) is 2. The molecule has 8 heteroatoms. The molecule has 0 spiro atoms. The zero-order valence-electron chi connectivity index (χ0n) is 19.0. The van der Waals surface area contributed by atoms with Crippen molar-refractivity contribution in [3.8, 4) is 5.69 Å². The summed E-state index contributed by atoms with van der Waals surface area (Å²) in [7, 11) is 1.71. The van der Waals surface area contributed by atoms with Gasteiger partial charge in [-0.05, 0) is 57.2 Å². The minimum Gasteiger partial charge on any atom is -0.359 e. The molecule has 2 N–H and O–H groups in total. The first kappa shape index (κ1) is 25.2. The third-order valence-corrected chi connectivity index (χ3v) is 5.63. The summed E-state index contributed by atoms with van der Waals surface area (Å²) >= 11 is 0. The number of likely N-dealkylation sites (tertiary alicyclic amines) is 1. The number of para-hydroxylation sites is 1. The Balaban J connectivity index is 0.00000341. The second-order valence-corrected chi connectivity index (χ2v) is 7.95. The Labute approximate surface area is 202 Å². The lowest BCUT2D eigenvalue weighted by molar-refractivity contribution is -0.121. The van der Waals surface area contributed by atoms with E-state index in [0.717, 1.165) is 61.1 Å². The van der Waals surface area contributed by atoms with Crippen molar-refractivity contribution >= 4 is 35.8 Å². The van der Waals surface area contributed by atoms with Crippen LogP contribution in [0.3, 0.4) is 0 Å². The van der Waals surface area contributed by atoms with Crippen LogP contribution in [0.15, 0.2) is 35.3 Å². The molecule has 2 heterocycles. The maximum Gasteiger partial charge on any atom is 0.220 e. The first-order valence-electron chi connectivity index (χ1n) is 10.9. The van der Waals surface area contributed by atoms with Crippen molar-refractivity contribution in [2.45, 2.75) is 46.6 Å². The van der Waals surface area contributed by atoms with E-state index in [1.807, 2.05) is 17.7 Å². The van der Waals surface area contributed by atoms with Crippen molar-refractivity contribution in [2.75, 3.05) is 26.7 Å². The van der Waals surface area contributed by atoms with Crippen LogP contribution in [0.2, 0.25) is 0 Å².